The fourth-order valence-corrected chi connectivity index (χ4v) is 3.29. The van der Waals surface area contributed by atoms with Crippen molar-refractivity contribution in [2.75, 3.05) is 18.0 Å². The molecule has 1 fully saturated rings. The Kier molecular flexibility index (Phi) is 5.21. The molecule has 2 aromatic rings. The molecular weight excluding hydrogens is 316 g/mol. The van der Waals surface area contributed by atoms with Crippen LogP contribution in [0, 0.1) is 13.8 Å². The minimum Gasteiger partial charge on any atom is -0.370 e. The van der Waals surface area contributed by atoms with Crippen LogP contribution in [0.4, 0.5) is 5.82 Å². The first-order chi connectivity index (χ1) is 12.0. The fourth-order valence-electron chi connectivity index (χ4n) is 3.29. The number of carbonyl (C=O) groups excluding carboxylic acids is 1. The van der Waals surface area contributed by atoms with Gasteiger partial charge in [0.1, 0.15) is 17.5 Å². The van der Waals surface area contributed by atoms with E-state index in [-0.39, 0.29) is 5.91 Å². The summed E-state index contributed by atoms with van der Waals surface area (Å²) in [6.07, 6.45) is 4.86. The Labute approximate surface area is 147 Å². The monoisotopic (exact) mass is 340 g/mol. The molecule has 1 aliphatic rings. The summed E-state index contributed by atoms with van der Waals surface area (Å²) in [5.41, 5.74) is 7.18. The number of hydrogen-bond acceptors (Lipinski definition) is 6. The standard InChI is InChI=1S/C18H24N6O/c1-12-20-8-7-18(23-12)24-9-3-4-14(11-24)16-10-15(5-6-17(19)25)21-13(2)22-16/h7-8,10,14H,3-6,9,11H2,1-2H3,(H2,19,25). The van der Waals surface area contributed by atoms with Crippen LogP contribution < -0.4 is 10.6 Å². The molecule has 3 rings (SSSR count). The van der Waals surface area contributed by atoms with E-state index >= 15 is 0 Å². The minimum absolute atomic E-state index is 0.305. The van der Waals surface area contributed by atoms with E-state index in [1.807, 2.05) is 26.0 Å². The van der Waals surface area contributed by atoms with Crippen molar-refractivity contribution in [2.24, 2.45) is 5.73 Å². The van der Waals surface area contributed by atoms with Crippen molar-refractivity contribution in [3.05, 3.63) is 41.4 Å². The lowest BCUT2D eigenvalue weighted by molar-refractivity contribution is -0.118. The molecule has 0 radical (unpaired) electrons. The van der Waals surface area contributed by atoms with Crippen molar-refractivity contribution in [1.82, 2.24) is 19.9 Å². The van der Waals surface area contributed by atoms with Crippen molar-refractivity contribution >= 4 is 11.7 Å². The minimum atomic E-state index is -0.305. The van der Waals surface area contributed by atoms with Crippen LogP contribution in [0.15, 0.2) is 18.3 Å². The van der Waals surface area contributed by atoms with Gasteiger partial charge in [-0.05, 0) is 45.2 Å². The first kappa shape index (κ1) is 17.3. The number of aromatic nitrogens is 4. The van der Waals surface area contributed by atoms with Crippen LogP contribution in [-0.4, -0.2) is 38.9 Å². The normalized spacial score (nSPS) is 17.5. The summed E-state index contributed by atoms with van der Waals surface area (Å²) >= 11 is 0. The van der Waals surface area contributed by atoms with Gasteiger partial charge in [0.25, 0.3) is 0 Å². The molecule has 0 aromatic carbocycles. The van der Waals surface area contributed by atoms with E-state index in [9.17, 15) is 4.79 Å². The van der Waals surface area contributed by atoms with Gasteiger partial charge in [-0.25, -0.2) is 19.9 Å². The van der Waals surface area contributed by atoms with E-state index in [0.29, 0.717) is 18.8 Å². The Morgan fingerprint density at radius 2 is 2.12 bits per heavy atom. The molecule has 0 aliphatic carbocycles. The highest BCUT2D eigenvalue weighted by atomic mass is 16.1. The van der Waals surface area contributed by atoms with Crippen molar-refractivity contribution in [3.63, 3.8) is 0 Å². The highest BCUT2D eigenvalue weighted by Crippen LogP contribution is 2.28. The maximum Gasteiger partial charge on any atom is 0.217 e. The summed E-state index contributed by atoms with van der Waals surface area (Å²) in [6, 6.07) is 3.98. The summed E-state index contributed by atoms with van der Waals surface area (Å²) in [5, 5.41) is 0. The van der Waals surface area contributed by atoms with Gasteiger partial charge in [0.2, 0.25) is 5.91 Å². The smallest absolute Gasteiger partial charge is 0.217 e. The number of nitrogens with two attached hydrogens (primary N) is 1. The number of rotatable bonds is 5. The molecule has 0 spiro atoms. The summed E-state index contributed by atoms with van der Waals surface area (Å²) in [6.45, 7) is 5.67. The first-order valence-corrected chi connectivity index (χ1v) is 8.68. The van der Waals surface area contributed by atoms with Crippen LogP contribution >= 0.6 is 0 Å². The van der Waals surface area contributed by atoms with Crippen molar-refractivity contribution in [3.8, 4) is 0 Å². The molecule has 1 atom stereocenters. The maximum atomic E-state index is 11.0. The molecule has 7 nitrogen and oxygen atoms in total. The molecule has 1 amide bonds. The molecule has 3 heterocycles. The van der Waals surface area contributed by atoms with Crippen LogP contribution in [0.1, 0.15) is 48.2 Å². The molecule has 25 heavy (non-hydrogen) atoms. The van der Waals surface area contributed by atoms with E-state index in [2.05, 4.69) is 24.8 Å². The predicted molar refractivity (Wildman–Crippen MR) is 95.2 cm³/mol. The number of hydrogen-bond donors (Lipinski definition) is 1. The Bertz CT molecular complexity index is 763. The summed E-state index contributed by atoms with van der Waals surface area (Å²) in [7, 11) is 0. The second kappa shape index (κ2) is 7.55. The predicted octanol–water partition coefficient (Wildman–Crippen LogP) is 1.69. The zero-order chi connectivity index (χ0) is 17.8. The summed E-state index contributed by atoms with van der Waals surface area (Å²) in [4.78, 5) is 31.1. The molecule has 1 unspecified atom stereocenters. The molecule has 1 saturated heterocycles. The Balaban J connectivity index is 1.77. The molecule has 0 saturated carbocycles. The topological polar surface area (TPSA) is 97.9 Å². The van der Waals surface area contributed by atoms with Crippen LogP contribution in [0.25, 0.3) is 0 Å². The van der Waals surface area contributed by atoms with Crippen LogP contribution in [-0.2, 0) is 11.2 Å². The SMILES string of the molecule is Cc1nc(CCC(N)=O)cc(C2CCCN(c3ccnc(C)n3)C2)n1. The van der Waals surface area contributed by atoms with Gasteiger partial charge in [0, 0.05) is 43.0 Å². The van der Waals surface area contributed by atoms with Crippen molar-refractivity contribution < 1.29 is 4.79 Å². The summed E-state index contributed by atoms with van der Waals surface area (Å²) < 4.78 is 0. The first-order valence-electron chi connectivity index (χ1n) is 8.68. The van der Waals surface area contributed by atoms with E-state index < -0.39 is 0 Å². The van der Waals surface area contributed by atoms with Crippen molar-refractivity contribution in [1.29, 1.82) is 0 Å². The van der Waals surface area contributed by atoms with Gasteiger partial charge in [-0.15, -0.1) is 0 Å². The van der Waals surface area contributed by atoms with E-state index in [1.54, 1.807) is 6.20 Å². The quantitative estimate of drug-likeness (QED) is 0.889. The number of primary amides is 1. The zero-order valence-corrected chi connectivity index (χ0v) is 14.8. The third-order valence-electron chi connectivity index (χ3n) is 4.46. The Hall–Kier alpha value is -2.57. The number of nitrogens with zero attached hydrogens (tertiary/aromatic N) is 5. The van der Waals surface area contributed by atoms with Crippen LogP contribution in [0.3, 0.4) is 0 Å². The lowest BCUT2D eigenvalue weighted by Crippen LogP contribution is -2.35. The number of aryl methyl sites for hydroxylation is 3. The molecule has 0 bridgehead atoms. The second-order valence-corrected chi connectivity index (χ2v) is 6.54. The lowest BCUT2D eigenvalue weighted by atomic mass is 9.93. The Morgan fingerprint density at radius 3 is 2.88 bits per heavy atom. The third kappa shape index (κ3) is 4.49. The average Bonchev–Trinajstić information content (AvgIpc) is 2.60. The number of carbonyl (C=O) groups is 1. The second-order valence-electron chi connectivity index (χ2n) is 6.54. The highest BCUT2D eigenvalue weighted by Gasteiger charge is 2.24. The van der Waals surface area contributed by atoms with Gasteiger partial charge in [-0.2, -0.15) is 0 Å². The number of anilines is 1. The average molecular weight is 340 g/mol. The number of piperidine rings is 1. The van der Waals surface area contributed by atoms with Gasteiger partial charge in [0.15, 0.2) is 0 Å². The van der Waals surface area contributed by atoms with Crippen LogP contribution in [0.2, 0.25) is 0 Å². The van der Waals surface area contributed by atoms with Gasteiger partial charge in [-0.3, -0.25) is 4.79 Å². The van der Waals surface area contributed by atoms with E-state index in [0.717, 1.165) is 54.8 Å². The Morgan fingerprint density at radius 1 is 1.28 bits per heavy atom. The third-order valence-corrected chi connectivity index (χ3v) is 4.46. The molecule has 7 heteroatoms. The van der Waals surface area contributed by atoms with Gasteiger partial charge in [-0.1, -0.05) is 0 Å². The molecule has 1 aliphatic heterocycles. The largest absolute Gasteiger partial charge is 0.370 e. The highest BCUT2D eigenvalue weighted by molar-refractivity contribution is 5.73. The van der Waals surface area contributed by atoms with E-state index in [1.165, 1.54) is 0 Å². The van der Waals surface area contributed by atoms with Gasteiger partial charge < -0.3 is 10.6 Å². The van der Waals surface area contributed by atoms with E-state index in [4.69, 9.17) is 5.73 Å². The van der Waals surface area contributed by atoms with Gasteiger partial charge >= 0.3 is 0 Å². The molecule has 132 valence electrons. The lowest BCUT2D eigenvalue weighted by Gasteiger charge is -2.33. The van der Waals surface area contributed by atoms with Crippen molar-refractivity contribution in [2.45, 2.75) is 45.4 Å². The fraction of sp³-hybridized carbons (Fsp3) is 0.500. The molecule has 2 aromatic heterocycles. The zero-order valence-electron chi connectivity index (χ0n) is 14.8. The maximum absolute atomic E-state index is 11.0. The number of amides is 1. The summed E-state index contributed by atoms with van der Waals surface area (Å²) in [5.74, 6) is 2.52. The van der Waals surface area contributed by atoms with Crippen LogP contribution in [0.5, 0.6) is 0 Å². The molecular formula is C18H24N6O. The van der Waals surface area contributed by atoms with Gasteiger partial charge in [0.05, 0.1) is 0 Å². The molecule has 2 N–H and O–H groups in total.